The number of benzene rings is 1. The van der Waals surface area contributed by atoms with Crippen LogP contribution >= 0.6 is 0 Å². The summed E-state index contributed by atoms with van der Waals surface area (Å²) in [7, 11) is 0. The summed E-state index contributed by atoms with van der Waals surface area (Å²) in [6, 6.07) is 8.53. The zero-order valence-corrected chi connectivity index (χ0v) is 20.1. The molecule has 2 aliphatic heterocycles. The Kier molecular flexibility index (Phi) is 5.24. The highest BCUT2D eigenvalue weighted by atomic mass is 16.2. The molecule has 1 saturated carbocycles. The van der Waals surface area contributed by atoms with Crippen LogP contribution in [0, 0.1) is 0 Å². The standard InChI is InChI=1S/C26H31N5O3/c1-25(2)15-30(21(32)14-28-17-5-6-17)20-13-18(7-8-19(20)25)31-23(33)22(29-24(31)34)26(3,4)16-9-11-27-12-10-16/h7-13,17,22,28H,5-6,14-15H2,1-4H3,(H,29,34). The molecule has 1 unspecified atom stereocenters. The van der Waals surface area contributed by atoms with Gasteiger partial charge in [-0.3, -0.25) is 14.6 Å². The fraction of sp³-hybridized carbons (Fsp3) is 0.462. The van der Waals surface area contributed by atoms with Crippen molar-refractivity contribution in [2.24, 2.45) is 0 Å². The molecule has 8 nitrogen and oxygen atoms in total. The van der Waals surface area contributed by atoms with Crippen LogP contribution in [0.15, 0.2) is 42.7 Å². The number of hydrogen-bond acceptors (Lipinski definition) is 5. The Labute approximate surface area is 199 Å². The number of aromatic nitrogens is 1. The van der Waals surface area contributed by atoms with Gasteiger partial charge in [-0.05, 0) is 48.2 Å². The lowest BCUT2D eigenvalue weighted by molar-refractivity contribution is -0.119. The number of nitrogens with one attached hydrogen (secondary N) is 2. The number of nitrogens with zero attached hydrogens (tertiary/aromatic N) is 3. The molecule has 0 bridgehead atoms. The number of imide groups is 1. The van der Waals surface area contributed by atoms with Gasteiger partial charge in [-0.15, -0.1) is 0 Å². The van der Waals surface area contributed by atoms with E-state index in [2.05, 4.69) is 29.5 Å². The molecule has 1 aliphatic carbocycles. The molecule has 0 spiro atoms. The molecule has 34 heavy (non-hydrogen) atoms. The molecule has 0 radical (unpaired) electrons. The number of carbonyl (C=O) groups excluding carboxylic acids is 3. The number of amides is 4. The average Bonchev–Trinajstić information content (AvgIpc) is 3.53. The van der Waals surface area contributed by atoms with Crippen LogP contribution in [0.1, 0.15) is 51.7 Å². The molecule has 8 heteroatoms. The second-order valence-electron chi connectivity index (χ2n) is 10.7. The highest BCUT2D eigenvalue weighted by molar-refractivity contribution is 6.22. The molecule has 2 fully saturated rings. The fourth-order valence-electron chi connectivity index (χ4n) is 5.02. The molecule has 1 atom stereocenters. The summed E-state index contributed by atoms with van der Waals surface area (Å²) in [4.78, 5) is 46.6. The summed E-state index contributed by atoms with van der Waals surface area (Å²) >= 11 is 0. The van der Waals surface area contributed by atoms with Crippen molar-refractivity contribution in [1.29, 1.82) is 0 Å². The maximum atomic E-state index is 13.5. The summed E-state index contributed by atoms with van der Waals surface area (Å²) in [6.45, 7) is 8.94. The minimum absolute atomic E-state index is 0.00442. The van der Waals surface area contributed by atoms with Crippen LogP contribution in [0.5, 0.6) is 0 Å². The molecule has 1 aromatic carbocycles. The monoisotopic (exact) mass is 461 g/mol. The zero-order valence-electron chi connectivity index (χ0n) is 20.1. The Balaban J connectivity index is 1.44. The summed E-state index contributed by atoms with van der Waals surface area (Å²) in [5.41, 5.74) is 2.35. The van der Waals surface area contributed by atoms with Crippen molar-refractivity contribution in [3.63, 3.8) is 0 Å². The highest BCUT2D eigenvalue weighted by Gasteiger charge is 2.48. The van der Waals surface area contributed by atoms with Crippen molar-refractivity contribution in [2.45, 2.75) is 63.5 Å². The number of carbonyl (C=O) groups is 3. The first kappa shape index (κ1) is 22.5. The second kappa shape index (κ2) is 7.91. The molecule has 3 aliphatic rings. The van der Waals surface area contributed by atoms with Gasteiger partial charge < -0.3 is 15.5 Å². The van der Waals surface area contributed by atoms with Gasteiger partial charge in [0.15, 0.2) is 0 Å². The highest BCUT2D eigenvalue weighted by Crippen LogP contribution is 2.43. The Morgan fingerprint density at radius 1 is 1.18 bits per heavy atom. The third kappa shape index (κ3) is 3.76. The van der Waals surface area contributed by atoms with Gasteiger partial charge in [0.05, 0.1) is 12.2 Å². The van der Waals surface area contributed by atoms with E-state index < -0.39 is 17.5 Å². The van der Waals surface area contributed by atoms with E-state index in [1.165, 1.54) is 4.90 Å². The lowest BCUT2D eigenvalue weighted by Crippen LogP contribution is -2.46. The fourth-order valence-corrected chi connectivity index (χ4v) is 5.02. The molecule has 1 saturated heterocycles. The first-order valence-electron chi connectivity index (χ1n) is 11.8. The molecule has 2 aromatic rings. The lowest BCUT2D eigenvalue weighted by Gasteiger charge is -2.30. The van der Waals surface area contributed by atoms with Gasteiger partial charge in [-0.1, -0.05) is 33.8 Å². The van der Waals surface area contributed by atoms with Crippen LogP contribution in [0.4, 0.5) is 16.2 Å². The van der Waals surface area contributed by atoms with E-state index in [9.17, 15) is 14.4 Å². The molecule has 3 heterocycles. The van der Waals surface area contributed by atoms with Crippen molar-refractivity contribution in [2.75, 3.05) is 22.9 Å². The van der Waals surface area contributed by atoms with E-state index in [1.54, 1.807) is 29.4 Å². The van der Waals surface area contributed by atoms with Gasteiger partial charge in [0.25, 0.3) is 5.91 Å². The van der Waals surface area contributed by atoms with Crippen molar-refractivity contribution in [1.82, 2.24) is 15.6 Å². The van der Waals surface area contributed by atoms with E-state index in [-0.39, 0.29) is 23.8 Å². The number of anilines is 2. The molecular formula is C26H31N5O3. The van der Waals surface area contributed by atoms with Crippen molar-refractivity contribution >= 4 is 29.2 Å². The molecule has 4 amide bonds. The van der Waals surface area contributed by atoms with E-state index >= 15 is 0 Å². The number of rotatable bonds is 6. The number of hydrogen-bond donors (Lipinski definition) is 2. The third-order valence-electron chi connectivity index (χ3n) is 7.32. The summed E-state index contributed by atoms with van der Waals surface area (Å²) in [5.74, 6) is -0.304. The smallest absolute Gasteiger partial charge is 0.325 e. The minimum atomic E-state index is -0.715. The van der Waals surface area contributed by atoms with Crippen LogP contribution < -0.4 is 20.4 Å². The maximum absolute atomic E-state index is 13.5. The van der Waals surface area contributed by atoms with Crippen molar-refractivity contribution in [3.05, 3.63) is 53.9 Å². The van der Waals surface area contributed by atoms with E-state index in [0.717, 1.165) is 29.7 Å². The molecule has 5 rings (SSSR count). The average molecular weight is 462 g/mol. The van der Waals surface area contributed by atoms with Crippen LogP contribution in [-0.2, 0) is 20.4 Å². The van der Waals surface area contributed by atoms with Gasteiger partial charge in [0.1, 0.15) is 6.04 Å². The Hall–Kier alpha value is -3.26. The van der Waals surface area contributed by atoms with Crippen LogP contribution in [0.2, 0.25) is 0 Å². The van der Waals surface area contributed by atoms with Gasteiger partial charge in [0, 0.05) is 41.5 Å². The van der Waals surface area contributed by atoms with Gasteiger partial charge in [-0.25, -0.2) is 9.69 Å². The number of urea groups is 1. The molecular weight excluding hydrogens is 430 g/mol. The largest absolute Gasteiger partial charge is 0.329 e. The minimum Gasteiger partial charge on any atom is -0.325 e. The normalized spacial score (nSPS) is 21.6. The lowest BCUT2D eigenvalue weighted by atomic mass is 9.78. The SMILES string of the molecule is CC1(C)CN(C(=O)CNC2CC2)c2cc(N3C(=O)NC(C(C)(C)c4ccncc4)C3=O)ccc21. The van der Waals surface area contributed by atoms with E-state index in [4.69, 9.17) is 0 Å². The Bertz CT molecular complexity index is 1160. The third-order valence-corrected chi connectivity index (χ3v) is 7.32. The number of pyridine rings is 1. The van der Waals surface area contributed by atoms with E-state index in [0.29, 0.717) is 18.3 Å². The molecule has 178 valence electrons. The Morgan fingerprint density at radius 3 is 2.56 bits per heavy atom. The van der Waals surface area contributed by atoms with Gasteiger partial charge in [-0.2, -0.15) is 0 Å². The summed E-state index contributed by atoms with van der Waals surface area (Å²) in [5, 5.41) is 6.16. The summed E-state index contributed by atoms with van der Waals surface area (Å²) in [6.07, 6.45) is 5.59. The predicted octanol–water partition coefficient (Wildman–Crippen LogP) is 2.86. The predicted molar refractivity (Wildman–Crippen MR) is 130 cm³/mol. The maximum Gasteiger partial charge on any atom is 0.329 e. The first-order valence-corrected chi connectivity index (χ1v) is 11.8. The molecule has 2 N–H and O–H groups in total. The Morgan fingerprint density at radius 2 is 1.88 bits per heavy atom. The quantitative estimate of drug-likeness (QED) is 0.645. The van der Waals surface area contributed by atoms with Crippen LogP contribution in [-0.4, -0.2) is 48.0 Å². The van der Waals surface area contributed by atoms with Crippen molar-refractivity contribution < 1.29 is 14.4 Å². The van der Waals surface area contributed by atoms with Crippen LogP contribution in [0.3, 0.4) is 0 Å². The second-order valence-corrected chi connectivity index (χ2v) is 10.7. The number of fused-ring (bicyclic) bond motifs is 1. The zero-order chi connectivity index (χ0) is 24.3. The summed E-state index contributed by atoms with van der Waals surface area (Å²) < 4.78 is 0. The van der Waals surface area contributed by atoms with Gasteiger partial charge in [0.2, 0.25) is 5.91 Å². The first-order chi connectivity index (χ1) is 16.1. The van der Waals surface area contributed by atoms with Crippen LogP contribution in [0.25, 0.3) is 0 Å². The topological polar surface area (TPSA) is 94.6 Å². The van der Waals surface area contributed by atoms with E-state index in [1.807, 2.05) is 32.0 Å². The molecule has 1 aromatic heterocycles. The van der Waals surface area contributed by atoms with Crippen molar-refractivity contribution in [3.8, 4) is 0 Å². The van der Waals surface area contributed by atoms with Gasteiger partial charge >= 0.3 is 6.03 Å².